The lowest BCUT2D eigenvalue weighted by atomic mass is 10.3. The topological polar surface area (TPSA) is 29.9 Å². The van der Waals surface area contributed by atoms with Crippen LogP contribution < -0.4 is 0 Å². The number of nitrogens with zero attached hydrogens (tertiary/aromatic N) is 1. The number of aromatic amines is 1. The Morgan fingerprint density at radius 2 is 2.26 bits per heavy atom. The number of ether oxygens (including phenoxy) is 1. The van der Waals surface area contributed by atoms with Crippen molar-refractivity contribution in [2.75, 3.05) is 13.2 Å². The molecule has 0 spiro atoms. The SMILES string of the molecule is S=c1[nH]c2cc(Br)ccc2n1CCCOCC1CC1. The highest BCUT2D eigenvalue weighted by Gasteiger charge is 2.20. The summed E-state index contributed by atoms with van der Waals surface area (Å²) in [7, 11) is 0. The highest BCUT2D eigenvalue weighted by molar-refractivity contribution is 9.10. The van der Waals surface area contributed by atoms with Crippen LogP contribution in [0.5, 0.6) is 0 Å². The zero-order chi connectivity index (χ0) is 13.2. The number of benzene rings is 1. The molecule has 1 heterocycles. The minimum Gasteiger partial charge on any atom is -0.381 e. The van der Waals surface area contributed by atoms with Crippen LogP contribution in [0.3, 0.4) is 0 Å². The normalized spacial score (nSPS) is 15.2. The monoisotopic (exact) mass is 340 g/mol. The summed E-state index contributed by atoms with van der Waals surface area (Å²) in [5, 5.41) is 0. The maximum absolute atomic E-state index is 5.66. The lowest BCUT2D eigenvalue weighted by molar-refractivity contribution is 0.119. The van der Waals surface area contributed by atoms with E-state index in [4.69, 9.17) is 17.0 Å². The molecule has 3 rings (SSSR count). The lowest BCUT2D eigenvalue weighted by Gasteiger charge is -2.05. The summed E-state index contributed by atoms with van der Waals surface area (Å²) in [5.41, 5.74) is 2.24. The van der Waals surface area contributed by atoms with Crippen molar-refractivity contribution in [3.8, 4) is 0 Å². The summed E-state index contributed by atoms with van der Waals surface area (Å²) >= 11 is 8.85. The number of aromatic nitrogens is 2. The second kappa shape index (κ2) is 5.77. The van der Waals surface area contributed by atoms with Crippen molar-refractivity contribution < 1.29 is 4.74 Å². The van der Waals surface area contributed by atoms with Gasteiger partial charge in [-0.25, -0.2) is 0 Å². The number of imidazole rings is 1. The number of rotatable bonds is 6. The molecular weight excluding hydrogens is 324 g/mol. The molecule has 102 valence electrons. The fourth-order valence-electron chi connectivity index (χ4n) is 2.22. The number of aryl methyl sites for hydroxylation is 1. The van der Waals surface area contributed by atoms with Crippen molar-refractivity contribution in [3.05, 3.63) is 27.4 Å². The van der Waals surface area contributed by atoms with E-state index in [0.717, 1.165) is 52.4 Å². The molecule has 19 heavy (non-hydrogen) atoms. The number of nitrogens with one attached hydrogen (secondary N) is 1. The van der Waals surface area contributed by atoms with Crippen LogP contribution in [0.15, 0.2) is 22.7 Å². The molecule has 1 fully saturated rings. The number of hydrogen-bond donors (Lipinski definition) is 1. The van der Waals surface area contributed by atoms with E-state index in [1.807, 2.05) is 6.07 Å². The van der Waals surface area contributed by atoms with Gasteiger partial charge in [-0.2, -0.15) is 0 Å². The van der Waals surface area contributed by atoms with Gasteiger partial charge in [0.1, 0.15) is 0 Å². The summed E-state index contributed by atoms with van der Waals surface area (Å²) < 4.78 is 9.67. The molecule has 3 nitrogen and oxygen atoms in total. The van der Waals surface area contributed by atoms with Crippen molar-refractivity contribution in [2.24, 2.45) is 5.92 Å². The highest BCUT2D eigenvalue weighted by Crippen LogP contribution is 2.28. The summed E-state index contributed by atoms with van der Waals surface area (Å²) in [6.45, 7) is 2.67. The number of H-pyrrole nitrogens is 1. The van der Waals surface area contributed by atoms with Gasteiger partial charge in [-0.3, -0.25) is 0 Å². The van der Waals surface area contributed by atoms with Gasteiger partial charge in [0.2, 0.25) is 0 Å². The number of fused-ring (bicyclic) bond motifs is 1. The van der Waals surface area contributed by atoms with E-state index in [-0.39, 0.29) is 0 Å². The maximum Gasteiger partial charge on any atom is 0.178 e. The third kappa shape index (κ3) is 3.27. The van der Waals surface area contributed by atoms with E-state index in [1.54, 1.807) is 0 Å². The second-order valence-corrected chi connectivity index (χ2v) is 6.42. The zero-order valence-corrected chi connectivity index (χ0v) is 13.1. The van der Waals surface area contributed by atoms with E-state index in [2.05, 4.69) is 37.6 Å². The van der Waals surface area contributed by atoms with Gasteiger partial charge in [0.05, 0.1) is 11.0 Å². The van der Waals surface area contributed by atoms with Crippen molar-refractivity contribution in [1.29, 1.82) is 0 Å². The van der Waals surface area contributed by atoms with E-state index in [9.17, 15) is 0 Å². The fraction of sp³-hybridized carbons (Fsp3) is 0.500. The maximum atomic E-state index is 5.66. The van der Waals surface area contributed by atoms with Gasteiger partial charge in [0, 0.05) is 24.2 Å². The summed E-state index contributed by atoms with van der Waals surface area (Å²) in [4.78, 5) is 3.24. The van der Waals surface area contributed by atoms with Gasteiger partial charge in [0.25, 0.3) is 0 Å². The van der Waals surface area contributed by atoms with Crippen LogP contribution in [0.2, 0.25) is 0 Å². The summed E-state index contributed by atoms with van der Waals surface area (Å²) in [6, 6.07) is 6.20. The third-order valence-electron chi connectivity index (χ3n) is 3.46. The predicted molar refractivity (Wildman–Crippen MR) is 83.0 cm³/mol. The van der Waals surface area contributed by atoms with E-state index in [1.165, 1.54) is 12.8 Å². The minimum absolute atomic E-state index is 0.787. The van der Waals surface area contributed by atoms with Crippen molar-refractivity contribution in [3.63, 3.8) is 0 Å². The van der Waals surface area contributed by atoms with Gasteiger partial charge < -0.3 is 14.3 Å². The van der Waals surface area contributed by atoms with Gasteiger partial charge in [0.15, 0.2) is 4.77 Å². The fourth-order valence-corrected chi connectivity index (χ4v) is 2.88. The molecule has 0 bridgehead atoms. The van der Waals surface area contributed by atoms with Crippen LogP contribution in [-0.4, -0.2) is 22.8 Å². The quantitative estimate of drug-likeness (QED) is 0.628. The smallest absolute Gasteiger partial charge is 0.178 e. The largest absolute Gasteiger partial charge is 0.381 e. The van der Waals surface area contributed by atoms with E-state index in [0.29, 0.717) is 0 Å². The highest BCUT2D eigenvalue weighted by atomic mass is 79.9. The van der Waals surface area contributed by atoms with Crippen LogP contribution in [0, 0.1) is 10.7 Å². The Labute approximate surface area is 126 Å². The van der Waals surface area contributed by atoms with Crippen molar-refractivity contribution in [1.82, 2.24) is 9.55 Å². The Morgan fingerprint density at radius 1 is 1.42 bits per heavy atom. The Kier molecular flexibility index (Phi) is 4.05. The summed E-state index contributed by atoms with van der Waals surface area (Å²) in [6.07, 6.45) is 3.70. The molecule has 5 heteroatoms. The molecule has 0 saturated heterocycles. The average Bonchev–Trinajstić information content (AvgIpc) is 3.14. The first-order valence-electron chi connectivity index (χ1n) is 6.70. The number of halogens is 1. The van der Waals surface area contributed by atoms with Gasteiger partial charge in [-0.05, 0) is 55.6 Å². The van der Waals surface area contributed by atoms with Crippen LogP contribution in [0.4, 0.5) is 0 Å². The molecule has 1 aliphatic carbocycles. The number of hydrogen-bond acceptors (Lipinski definition) is 2. The molecule has 0 aliphatic heterocycles. The Bertz CT molecular complexity index is 630. The molecule has 2 aromatic rings. The van der Waals surface area contributed by atoms with Gasteiger partial charge in [-0.15, -0.1) is 0 Å². The van der Waals surface area contributed by atoms with Crippen LogP contribution in [0.1, 0.15) is 19.3 Å². The first kappa shape index (κ1) is 13.3. The standard InChI is InChI=1S/C14H17BrN2OS/c15-11-4-5-13-12(8-11)16-14(19)17(13)6-1-7-18-9-10-2-3-10/h4-5,8,10H,1-3,6-7,9H2,(H,16,19). The molecule has 0 unspecified atom stereocenters. The van der Waals surface area contributed by atoms with Crippen LogP contribution >= 0.6 is 28.1 Å². The second-order valence-electron chi connectivity index (χ2n) is 5.12. The van der Waals surface area contributed by atoms with Gasteiger partial charge in [-0.1, -0.05) is 15.9 Å². The lowest BCUT2D eigenvalue weighted by Crippen LogP contribution is -2.04. The zero-order valence-electron chi connectivity index (χ0n) is 10.7. The Hall–Kier alpha value is -0.650. The van der Waals surface area contributed by atoms with Gasteiger partial charge >= 0.3 is 0 Å². The van der Waals surface area contributed by atoms with Crippen LogP contribution in [-0.2, 0) is 11.3 Å². The average molecular weight is 341 g/mol. The molecule has 0 radical (unpaired) electrons. The van der Waals surface area contributed by atoms with E-state index >= 15 is 0 Å². The molecule has 1 saturated carbocycles. The van der Waals surface area contributed by atoms with Crippen molar-refractivity contribution in [2.45, 2.75) is 25.8 Å². The molecule has 1 aromatic heterocycles. The third-order valence-corrected chi connectivity index (χ3v) is 4.27. The molecule has 0 amide bonds. The Balaban J connectivity index is 1.62. The van der Waals surface area contributed by atoms with Crippen LogP contribution in [0.25, 0.3) is 11.0 Å². The molecular formula is C14H17BrN2OS. The summed E-state index contributed by atoms with van der Waals surface area (Å²) in [5.74, 6) is 0.840. The minimum atomic E-state index is 0.787. The predicted octanol–water partition coefficient (Wildman–Crippen LogP) is 4.28. The molecule has 1 N–H and O–H groups in total. The van der Waals surface area contributed by atoms with E-state index < -0.39 is 0 Å². The van der Waals surface area contributed by atoms with Crippen molar-refractivity contribution >= 4 is 39.2 Å². The molecule has 1 aromatic carbocycles. The first-order valence-corrected chi connectivity index (χ1v) is 7.90. The molecule has 0 atom stereocenters. The first-order chi connectivity index (χ1) is 9.24. The molecule has 1 aliphatic rings. The Morgan fingerprint density at radius 3 is 3.05 bits per heavy atom.